The summed E-state index contributed by atoms with van der Waals surface area (Å²) in [6, 6.07) is 11.6. The molecule has 0 unspecified atom stereocenters. The number of aryl methyl sites for hydroxylation is 2. The molecule has 0 amide bonds. The van der Waals surface area contributed by atoms with Crippen molar-refractivity contribution in [2.24, 2.45) is 0 Å². The molecular formula is C22H29Cl2FN6O. The quantitative estimate of drug-likeness (QED) is 0.555. The highest BCUT2D eigenvalue weighted by Gasteiger charge is 2.26. The van der Waals surface area contributed by atoms with Gasteiger partial charge in [-0.1, -0.05) is 12.1 Å². The van der Waals surface area contributed by atoms with Gasteiger partial charge in [0.1, 0.15) is 11.6 Å². The Balaban J connectivity index is 0.00000181. The normalized spacial score (nSPS) is 17.9. The second kappa shape index (κ2) is 11.6. The lowest BCUT2D eigenvalue weighted by atomic mass is 9.91. The number of methoxy groups -OCH3 is 1. The maximum atomic E-state index is 14.1. The summed E-state index contributed by atoms with van der Waals surface area (Å²) in [6.07, 6.45) is 2.09. The number of halogens is 3. The standard InChI is InChI=1S/C22H27FN6O.2ClH/c1-14-6-7-16(12-19(14)23)22-20(5-4-10-24-22)25-13-17-11-18(8-9-21(17)30-3)29-15(2)26-27-28-29;;/h6-9,11-12,20,22,24-25H,4-5,10,13H2,1-3H3;2*1H/t20-,22-;;/m0../s1. The molecule has 0 spiro atoms. The molecule has 1 aliphatic heterocycles. The highest BCUT2D eigenvalue weighted by molar-refractivity contribution is 5.85. The number of benzene rings is 2. The summed E-state index contributed by atoms with van der Waals surface area (Å²) in [5, 5.41) is 18.9. The van der Waals surface area contributed by atoms with Crippen LogP contribution in [-0.2, 0) is 6.54 Å². The molecule has 174 valence electrons. The lowest BCUT2D eigenvalue weighted by Crippen LogP contribution is -2.45. The fraction of sp³-hybridized carbons (Fsp3) is 0.409. The summed E-state index contributed by atoms with van der Waals surface area (Å²) < 4.78 is 21.4. The SMILES string of the molecule is COc1ccc(-n2nnnc2C)cc1CN[C@H]1CCCN[C@H]1c1ccc(C)c(F)c1.Cl.Cl. The van der Waals surface area contributed by atoms with E-state index in [1.54, 1.807) is 24.8 Å². The average Bonchev–Trinajstić information content (AvgIpc) is 3.20. The van der Waals surface area contributed by atoms with E-state index in [1.807, 2.05) is 37.3 Å². The summed E-state index contributed by atoms with van der Waals surface area (Å²) in [5.74, 6) is 1.36. The molecule has 4 rings (SSSR count). The van der Waals surface area contributed by atoms with Gasteiger partial charge in [0.15, 0.2) is 5.82 Å². The first kappa shape index (κ1) is 26.0. The maximum Gasteiger partial charge on any atom is 0.153 e. The Morgan fingerprint density at radius 3 is 2.69 bits per heavy atom. The Kier molecular flexibility index (Phi) is 9.39. The third-order valence-corrected chi connectivity index (χ3v) is 5.70. The Bertz CT molecular complexity index is 1030. The van der Waals surface area contributed by atoms with Crippen molar-refractivity contribution in [2.75, 3.05) is 13.7 Å². The van der Waals surface area contributed by atoms with Gasteiger partial charge < -0.3 is 15.4 Å². The van der Waals surface area contributed by atoms with E-state index in [-0.39, 0.29) is 42.7 Å². The molecule has 0 saturated carbocycles. The smallest absolute Gasteiger partial charge is 0.153 e. The van der Waals surface area contributed by atoms with Crippen LogP contribution >= 0.6 is 24.8 Å². The Labute approximate surface area is 199 Å². The molecule has 1 fully saturated rings. The van der Waals surface area contributed by atoms with Crippen molar-refractivity contribution in [2.45, 2.75) is 45.3 Å². The number of piperidine rings is 1. The van der Waals surface area contributed by atoms with Gasteiger partial charge in [-0.25, -0.2) is 4.39 Å². The van der Waals surface area contributed by atoms with Gasteiger partial charge in [0.05, 0.1) is 12.8 Å². The van der Waals surface area contributed by atoms with Crippen molar-refractivity contribution in [1.82, 2.24) is 30.8 Å². The summed E-state index contributed by atoms with van der Waals surface area (Å²) in [6.45, 7) is 5.20. The molecule has 10 heteroatoms. The highest BCUT2D eigenvalue weighted by Crippen LogP contribution is 2.27. The molecule has 2 aromatic carbocycles. The van der Waals surface area contributed by atoms with E-state index in [4.69, 9.17) is 4.74 Å². The third-order valence-electron chi connectivity index (χ3n) is 5.70. The van der Waals surface area contributed by atoms with Crippen molar-refractivity contribution >= 4 is 24.8 Å². The van der Waals surface area contributed by atoms with E-state index in [2.05, 4.69) is 26.2 Å². The number of nitrogens with one attached hydrogen (secondary N) is 2. The fourth-order valence-electron chi connectivity index (χ4n) is 4.01. The third kappa shape index (κ3) is 5.56. The predicted octanol–water partition coefficient (Wildman–Crippen LogP) is 3.85. The molecule has 0 bridgehead atoms. The van der Waals surface area contributed by atoms with Crippen LogP contribution in [-0.4, -0.2) is 39.9 Å². The molecule has 0 radical (unpaired) electrons. The van der Waals surface area contributed by atoms with Gasteiger partial charge in [-0.05, 0) is 79.1 Å². The first-order chi connectivity index (χ1) is 14.6. The van der Waals surface area contributed by atoms with Crippen LogP contribution in [0.1, 0.15) is 41.4 Å². The second-order valence-corrected chi connectivity index (χ2v) is 7.70. The number of hydrogen-bond acceptors (Lipinski definition) is 6. The van der Waals surface area contributed by atoms with E-state index >= 15 is 0 Å². The van der Waals surface area contributed by atoms with Crippen LogP contribution in [0, 0.1) is 19.7 Å². The van der Waals surface area contributed by atoms with Gasteiger partial charge in [-0.2, -0.15) is 4.68 Å². The lowest BCUT2D eigenvalue weighted by molar-refractivity contribution is 0.302. The number of hydrogen-bond donors (Lipinski definition) is 2. The molecule has 2 heterocycles. The predicted molar refractivity (Wildman–Crippen MR) is 127 cm³/mol. The number of rotatable bonds is 6. The van der Waals surface area contributed by atoms with Crippen LogP contribution in [0.4, 0.5) is 4.39 Å². The minimum absolute atomic E-state index is 0. The van der Waals surface area contributed by atoms with Gasteiger partial charge in [-0.3, -0.25) is 0 Å². The molecule has 1 aliphatic rings. The Morgan fingerprint density at radius 2 is 2.00 bits per heavy atom. The molecule has 3 aromatic rings. The van der Waals surface area contributed by atoms with Crippen LogP contribution in [0.5, 0.6) is 5.75 Å². The van der Waals surface area contributed by atoms with Crippen molar-refractivity contribution < 1.29 is 9.13 Å². The van der Waals surface area contributed by atoms with Crippen molar-refractivity contribution in [1.29, 1.82) is 0 Å². The molecule has 1 aromatic heterocycles. The fourth-order valence-corrected chi connectivity index (χ4v) is 4.01. The molecular weight excluding hydrogens is 454 g/mol. The van der Waals surface area contributed by atoms with Gasteiger partial charge in [0, 0.05) is 24.2 Å². The minimum Gasteiger partial charge on any atom is -0.496 e. The van der Waals surface area contributed by atoms with Crippen LogP contribution in [0.3, 0.4) is 0 Å². The largest absolute Gasteiger partial charge is 0.496 e. The molecule has 32 heavy (non-hydrogen) atoms. The molecule has 2 N–H and O–H groups in total. The average molecular weight is 483 g/mol. The van der Waals surface area contributed by atoms with Gasteiger partial charge >= 0.3 is 0 Å². The Hall–Kier alpha value is -2.26. The first-order valence-electron chi connectivity index (χ1n) is 10.2. The highest BCUT2D eigenvalue weighted by atomic mass is 35.5. The van der Waals surface area contributed by atoms with Crippen molar-refractivity contribution in [3.8, 4) is 11.4 Å². The lowest BCUT2D eigenvalue weighted by Gasteiger charge is -2.34. The monoisotopic (exact) mass is 482 g/mol. The van der Waals surface area contributed by atoms with Crippen LogP contribution < -0.4 is 15.4 Å². The van der Waals surface area contributed by atoms with Crippen molar-refractivity contribution in [3.63, 3.8) is 0 Å². The van der Waals surface area contributed by atoms with E-state index in [0.717, 1.165) is 47.8 Å². The van der Waals surface area contributed by atoms with E-state index < -0.39 is 0 Å². The van der Waals surface area contributed by atoms with Crippen molar-refractivity contribution in [3.05, 3.63) is 64.7 Å². The second-order valence-electron chi connectivity index (χ2n) is 7.70. The summed E-state index contributed by atoms with van der Waals surface area (Å²) in [5.41, 5.74) is 3.54. The van der Waals surface area contributed by atoms with E-state index in [9.17, 15) is 4.39 Å². The first-order valence-corrected chi connectivity index (χ1v) is 10.2. The number of nitrogens with zero attached hydrogens (tertiary/aromatic N) is 4. The van der Waals surface area contributed by atoms with E-state index in [1.165, 1.54) is 0 Å². The molecule has 7 nitrogen and oxygen atoms in total. The molecule has 1 saturated heterocycles. The minimum atomic E-state index is -0.162. The summed E-state index contributed by atoms with van der Waals surface area (Å²) in [4.78, 5) is 0. The van der Waals surface area contributed by atoms with Gasteiger partial charge in [0.2, 0.25) is 0 Å². The zero-order valence-corrected chi connectivity index (χ0v) is 20.0. The van der Waals surface area contributed by atoms with Crippen LogP contribution in [0.25, 0.3) is 5.69 Å². The zero-order valence-electron chi connectivity index (χ0n) is 18.3. The number of aromatic nitrogens is 4. The van der Waals surface area contributed by atoms with Gasteiger partial charge in [-0.15, -0.1) is 29.9 Å². The maximum absolute atomic E-state index is 14.1. The van der Waals surface area contributed by atoms with Crippen LogP contribution in [0.15, 0.2) is 36.4 Å². The van der Waals surface area contributed by atoms with Crippen LogP contribution in [0.2, 0.25) is 0 Å². The topological polar surface area (TPSA) is 76.9 Å². The number of ether oxygens (including phenoxy) is 1. The number of tetrazole rings is 1. The summed E-state index contributed by atoms with van der Waals surface area (Å²) in [7, 11) is 1.67. The summed E-state index contributed by atoms with van der Waals surface area (Å²) >= 11 is 0. The van der Waals surface area contributed by atoms with E-state index in [0.29, 0.717) is 12.1 Å². The van der Waals surface area contributed by atoms with Gasteiger partial charge in [0.25, 0.3) is 0 Å². The molecule has 2 atom stereocenters. The molecule has 0 aliphatic carbocycles. The zero-order chi connectivity index (χ0) is 21.1. The Morgan fingerprint density at radius 1 is 1.19 bits per heavy atom.